The van der Waals surface area contributed by atoms with E-state index < -0.39 is 17.2 Å². The number of hydrogen-bond donors (Lipinski definition) is 2. The van der Waals surface area contributed by atoms with Gasteiger partial charge in [0.2, 0.25) is 5.91 Å². The average Bonchev–Trinajstić information content (AvgIpc) is 3.25. The molecule has 2 fully saturated rings. The SMILES string of the molecule is COC(=O)C1(NC(=O)C2CCC(NC(=O)OC(C)(C)C)CC2)CC1. The summed E-state index contributed by atoms with van der Waals surface area (Å²) in [7, 11) is 1.34. The number of amides is 2. The third kappa shape index (κ3) is 4.85. The maximum absolute atomic E-state index is 12.4. The molecular weight excluding hydrogens is 312 g/mol. The molecule has 2 rings (SSSR count). The number of carbonyl (C=O) groups is 3. The fourth-order valence-corrected chi connectivity index (χ4v) is 3.01. The van der Waals surface area contributed by atoms with Crippen molar-refractivity contribution in [2.24, 2.45) is 5.92 Å². The van der Waals surface area contributed by atoms with Gasteiger partial charge in [0.1, 0.15) is 11.1 Å². The van der Waals surface area contributed by atoms with Gasteiger partial charge in [0.05, 0.1) is 7.11 Å². The molecule has 0 aliphatic heterocycles. The van der Waals surface area contributed by atoms with E-state index in [4.69, 9.17) is 9.47 Å². The molecule has 0 saturated heterocycles. The highest BCUT2D eigenvalue weighted by Gasteiger charge is 2.53. The molecule has 7 nitrogen and oxygen atoms in total. The third-order valence-corrected chi connectivity index (χ3v) is 4.51. The quantitative estimate of drug-likeness (QED) is 0.762. The minimum absolute atomic E-state index is 0.0272. The normalized spacial score (nSPS) is 25.3. The van der Waals surface area contributed by atoms with Crippen LogP contribution in [0.15, 0.2) is 0 Å². The van der Waals surface area contributed by atoms with Crippen LogP contribution in [0.3, 0.4) is 0 Å². The fraction of sp³-hybridized carbons (Fsp3) is 0.824. The molecule has 24 heavy (non-hydrogen) atoms. The molecule has 136 valence electrons. The van der Waals surface area contributed by atoms with E-state index in [1.807, 2.05) is 20.8 Å². The zero-order chi connectivity index (χ0) is 18.0. The molecule has 2 aliphatic rings. The van der Waals surface area contributed by atoms with E-state index in [0.717, 1.165) is 12.8 Å². The van der Waals surface area contributed by atoms with Crippen LogP contribution >= 0.6 is 0 Å². The number of ether oxygens (including phenoxy) is 2. The number of esters is 1. The Morgan fingerprint density at radius 2 is 1.62 bits per heavy atom. The van der Waals surface area contributed by atoms with Gasteiger partial charge in [0.15, 0.2) is 0 Å². The second-order valence-corrected chi connectivity index (χ2v) is 7.76. The second kappa shape index (κ2) is 6.99. The standard InChI is InChI=1S/C17H28N2O5/c1-16(2,3)24-15(22)18-12-7-5-11(6-8-12)13(20)19-17(9-10-17)14(21)23-4/h11-12H,5-10H2,1-4H3,(H,18,22)(H,19,20). The summed E-state index contributed by atoms with van der Waals surface area (Å²) in [4.78, 5) is 35.8. The highest BCUT2D eigenvalue weighted by Crippen LogP contribution is 2.37. The summed E-state index contributed by atoms with van der Waals surface area (Å²) in [5.41, 5.74) is -1.31. The smallest absolute Gasteiger partial charge is 0.407 e. The minimum atomic E-state index is -0.794. The maximum Gasteiger partial charge on any atom is 0.407 e. The Morgan fingerprint density at radius 3 is 2.08 bits per heavy atom. The van der Waals surface area contributed by atoms with Crippen LogP contribution in [0.5, 0.6) is 0 Å². The fourth-order valence-electron chi connectivity index (χ4n) is 3.01. The van der Waals surface area contributed by atoms with Crippen molar-refractivity contribution in [1.82, 2.24) is 10.6 Å². The average molecular weight is 340 g/mol. The van der Waals surface area contributed by atoms with E-state index in [0.29, 0.717) is 25.7 Å². The van der Waals surface area contributed by atoms with Crippen LogP contribution in [0.2, 0.25) is 0 Å². The van der Waals surface area contributed by atoms with E-state index in [1.165, 1.54) is 7.11 Å². The zero-order valence-corrected chi connectivity index (χ0v) is 14.9. The summed E-state index contributed by atoms with van der Waals surface area (Å²) in [5, 5.41) is 5.70. The first-order valence-corrected chi connectivity index (χ1v) is 8.55. The summed E-state index contributed by atoms with van der Waals surface area (Å²) in [6.07, 6.45) is 3.68. The maximum atomic E-state index is 12.4. The van der Waals surface area contributed by atoms with Gasteiger partial charge in [-0.3, -0.25) is 4.79 Å². The molecule has 0 spiro atoms. The van der Waals surface area contributed by atoms with E-state index in [9.17, 15) is 14.4 Å². The summed E-state index contributed by atoms with van der Waals surface area (Å²) < 4.78 is 10.00. The van der Waals surface area contributed by atoms with Gasteiger partial charge in [0, 0.05) is 12.0 Å². The van der Waals surface area contributed by atoms with E-state index in [-0.39, 0.29) is 23.8 Å². The molecule has 7 heteroatoms. The number of methoxy groups -OCH3 is 1. The van der Waals surface area contributed by atoms with Crippen molar-refractivity contribution in [3.05, 3.63) is 0 Å². The molecule has 0 aromatic rings. The summed E-state index contributed by atoms with van der Waals surface area (Å²) >= 11 is 0. The molecule has 0 bridgehead atoms. The second-order valence-electron chi connectivity index (χ2n) is 7.76. The number of nitrogens with one attached hydrogen (secondary N) is 2. The van der Waals surface area contributed by atoms with Gasteiger partial charge < -0.3 is 20.1 Å². The van der Waals surface area contributed by atoms with Crippen molar-refractivity contribution in [1.29, 1.82) is 0 Å². The summed E-state index contributed by atoms with van der Waals surface area (Å²) in [6.45, 7) is 5.47. The van der Waals surface area contributed by atoms with Crippen molar-refractivity contribution >= 4 is 18.0 Å². The monoisotopic (exact) mass is 340 g/mol. The predicted molar refractivity (Wildman–Crippen MR) is 87.2 cm³/mol. The summed E-state index contributed by atoms with van der Waals surface area (Å²) in [6, 6.07) is 0.0272. The topological polar surface area (TPSA) is 93.7 Å². The van der Waals surface area contributed by atoms with Gasteiger partial charge >= 0.3 is 12.1 Å². The van der Waals surface area contributed by atoms with E-state index in [1.54, 1.807) is 0 Å². The van der Waals surface area contributed by atoms with Crippen molar-refractivity contribution in [2.75, 3.05) is 7.11 Å². The molecule has 0 radical (unpaired) electrons. The first-order chi connectivity index (χ1) is 11.1. The van der Waals surface area contributed by atoms with E-state index >= 15 is 0 Å². The lowest BCUT2D eigenvalue weighted by Crippen LogP contribution is -2.48. The predicted octanol–water partition coefficient (Wildman–Crippen LogP) is 1.89. The van der Waals surface area contributed by atoms with Crippen molar-refractivity contribution in [3.63, 3.8) is 0 Å². The summed E-state index contributed by atoms with van der Waals surface area (Å²) in [5.74, 6) is -0.575. The number of carbonyl (C=O) groups excluding carboxylic acids is 3. The van der Waals surface area contributed by atoms with Crippen LogP contribution in [0, 0.1) is 5.92 Å². The molecule has 0 aromatic heterocycles. The molecule has 0 atom stereocenters. The lowest BCUT2D eigenvalue weighted by molar-refractivity contribution is -0.147. The van der Waals surface area contributed by atoms with E-state index in [2.05, 4.69) is 10.6 Å². The Balaban J connectivity index is 1.75. The Bertz CT molecular complexity index is 500. The highest BCUT2D eigenvalue weighted by atomic mass is 16.6. The molecule has 2 amide bonds. The van der Waals surface area contributed by atoms with Crippen LogP contribution in [0.25, 0.3) is 0 Å². The van der Waals surface area contributed by atoms with Gasteiger partial charge in [-0.2, -0.15) is 0 Å². The van der Waals surface area contributed by atoms with Crippen LogP contribution in [0.4, 0.5) is 4.79 Å². The third-order valence-electron chi connectivity index (χ3n) is 4.51. The number of alkyl carbamates (subject to hydrolysis) is 1. The van der Waals surface area contributed by atoms with Crippen molar-refractivity contribution < 1.29 is 23.9 Å². The molecule has 0 unspecified atom stereocenters. The van der Waals surface area contributed by atoms with Gasteiger partial charge in [-0.15, -0.1) is 0 Å². The van der Waals surface area contributed by atoms with Crippen LogP contribution in [-0.2, 0) is 19.1 Å². The van der Waals surface area contributed by atoms with Crippen LogP contribution in [0.1, 0.15) is 59.3 Å². The van der Waals surface area contributed by atoms with Crippen molar-refractivity contribution in [3.8, 4) is 0 Å². The Kier molecular flexibility index (Phi) is 5.40. The number of rotatable bonds is 4. The van der Waals surface area contributed by atoms with Crippen molar-refractivity contribution in [2.45, 2.75) is 76.5 Å². The minimum Gasteiger partial charge on any atom is -0.467 e. The van der Waals surface area contributed by atoms with Gasteiger partial charge in [-0.25, -0.2) is 9.59 Å². The molecular formula is C17H28N2O5. The number of hydrogen-bond acceptors (Lipinski definition) is 5. The highest BCUT2D eigenvalue weighted by molar-refractivity contribution is 5.91. The van der Waals surface area contributed by atoms with Crippen LogP contribution < -0.4 is 10.6 Å². The first-order valence-electron chi connectivity index (χ1n) is 8.55. The molecule has 0 heterocycles. The Morgan fingerprint density at radius 1 is 1.04 bits per heavy atom. The van der Waals surface area contributed by atoms with Crippen LogP contribution in [-0.4, -0.2) is 42.3 Å². The first kappa shape index (κ1) is 18.5. The van der Waals surface area contributed by atoms with Gasteiger partial charge in [-0.1, -0.05) is 0 Å². The Hall–Kier alpha value is -1.79. The molecule has 0 aromatic carbocycles. The molecule has 2 aliphatic carbocycles. The molecule has 2 saturated carbocycles. The lowest BCUT2D eigenvalue weighted by atomic mass is 9.85. The van der Waals surface area contributed by atoms with Gasteiger partial charge in [-0.05, 0) is 59.3 Å². The van der Waals surface area contributed by atoms with Gasteiger partial charge in [0.25, 0.3) is 0 Å². The largest absolute Gasteiger partial charge is 0.467 e. The Labute approximate surface area is 142 Å². The zero-order valence-electron chi connectivity index (χ0n) is 14.9. The molecule has 2 N–H and O–H groups in total. The lowest BCUT2D eigenvalue weighted by Gasteiger charge is -2.30.